The Morgan fingerprint density at radius 3 is 2.47 bits per heavy atom. The first-order chi connectivity index (χ1) is 8.28. The van der Waals surface area contributed by atoms with Gasteiger partial charge in [0.05, 0.1) is 6.61 Å². The Balaban J connectivity index is 1.86. The Morgan fingerprint density at radius 1 is 1.29 bits per heavy atom. The zero-order chi connectivity index (χ0) is 12.1. The lowest BCUT2D eigenvalue weighted by Gasteiger charge is -2.40. The molecule has 1 fully saturated rings. The highest BCUT2D eigenvalue weighted by Crippen LogP contribution is 2.40. The van der Waals surface area contributed by atoms with E-state index in [-0.39, 0.29) is 5.41 Å². The zero-order valence-electron chi connectivity index (χ0n) is 10.4. The summed E-state index contributed by atoms with van der Waals surface area (Å²) in [5.74, 6) is 1.11. The summed E-state index contributed by atoms with van der Waals surface area (Å²) in [7, 11) is 0. The van der Waals surface area contributed by atoms with Crippen LogP contribution >= 0.6 is 11.8 Å². The van der Waals surface area contributed by atoms with Crippen molar-refractivity contribution in [2.24, 2.45) is 5.41 Å². The highest BCUT2D eigenvalue weighted by atomic mass is 32.2. The van der Waals surface area contributed by atoms with Crippen LogP contribution in [0.4, 0.5) is 5.69 Å². The van der Waals surface area contributed by atoms with Crippen LogP contribution in [0.5, 0.6) is 0 Å². The quantitative estimate of drug-likeness (QED) is 0.760. The molecule has 94 valence electrons. The molecule has 17 heavy (non-hydrogen) atoms. The maximum absolute atomic E-state index is 9.39. The van der Waals surface area contributed by atoms with Crippen molar-refractivity contribution in [3.8, 4) is 0 Å². The minimum Gasteiger partial charge on any atom is -0.396 e. The Morgan fingerprint density at radius 2 is 2.00 bits per heavy atom. The van der Waals surface area contributed by atoms with E-state index in [0.717, 1.165) is 30.8 Å². The molecular formula is C14H21NOS. The molecule has 0 atom stereocenters. The van der Waals surface area contributed by atoms with E-state index in [4.69, 9.17) is 0 Å². The van der Waals surface area contributed by atoms with Crippen molar-refractivity contribution in [2.75, 3.05) is 24.2 Å². The Kier molecular flexibility index (Phi) is 4.35. The smallest absolute Gasteiger partial charge is 0.0504 e. The lowest BCUT2D eigenvalue weighted by molar-refractivity contribution is 0.0576. The number of thioether (sulfide) groups is 1. The van der Waals surface area contributed by atoms with Gasteiger partial charge in [-0.25, -0.2) is 0 Å². The molecule has 2 N–H and O–H groups in total. The summed E-state index contributed by atoms with van der Waals surface area (Å²) in [6.45, 7) is 3.37. The van der Waals surface area contributed by atoms with E-state index in [1.165, 1.54) is 11.3 Å². The molecule has 1 saturated carbocycles. The van der Waals surface area contributed by atoms with Gasteiger partial charge in [-0.05, 0) is 42.9 Å². The summed E-state index contributed by atoms with van der Waals surface area (Å²) in [5, 5.41) is 12.8. The molecule has 0 heterocycles. The van der Waals surface area contributed by atoms with E-state index in [1.54, 1.807) is 0 Å². The van der Waals surface area contributed by atoms with Gasteiger partial charge in [0.15, 0.2) is 0 Å². The number of aliphatic hydroxyl groups is 1. The van der Waals surface area contributed by atoms with Gasteiger partial charge in [0.2, 0.25) is 0 Å². The molecule has 0 aromatic heterocycles. The topological polar surface area (TPSA) is 32.3 Å². The van der Waals surface area contributed by atoms with E-state index in [2.05, 4.69) is 36.5 Å². The Bertz CT molecular complexity index is 340. The zero-order valence-corrected chi connectivity index (χ0v) is 11.2. The molecule has 0 amide bonds. The Hall–Kier alpha value is -0.670. The fourth-order valence-electron chi connectivity index (χ4n) is 2.19. The van der Waals surface area contributed by atoms with E-state index in [1.807, 2.05) is 11.8 Å². The summed E-state index contributed by atoms with van der Waals surface area (Å²) < 4.78 is 0. The third-order valence-electron chi connectivity index (χ3n) is 3.58. The fraction of sp³-hybridized carbons (Fsp3) is 0.571. The van der Waals surface area contributed by atoms with Crippen molar-refractivity contribution in [2.45, 2.75) is 31.1 Å². The van der Waals surface area contributed by atoms with Crippen molar-refractivity contribution in [3.05, 3.63) is 24.3 Å². The van der Waals surface area contributed by atoms with Crippen molar-refractivity contribution >= 4 is 17.4 Å². The maximum Gasteiger partial charge on any atom is 0.0504 e. The van der Waals surface area contributed by atoms with E-state index in [9.17, 15) is 5.11 Å². The summed E-state index contributed by atoms with van der Waals surface area (Å²) in [6, 6.07) is 8.56. The maximum atomic E-state index is 9.39. The molecule has 0 saturated heterocycles. The van der Waals surface area contributed by atoms with Crippen LogP contribution in [0.25, 0.3) is 0 Å². The first-order valence-corrected chi connectivity index (χ1v) is 7.34. The minimum atomic E-state index is 0.150. The van der Waals surface area contributed by atoms with Gasteiger partial charge in [-0.3, -0.25) is 0 Å². The molecule has 1 aromatic carbocycles. The summed E-state index contributed by atoms with van der Waals surface area (Å²) >= 11 is 1.86. The number of benzene rings is 1. The monoisotopic (exact) mass is 251 g/mol. The SMILES string of the molecule is CCSc1ccc(NCC2(CO)CCC2)cc1. The van der Waals surface area contributed by atoms with Crippen LogP contribution in [0.2, 0.25) is 0 Å². The molecule has 0 unspecified atom stereocenters. The predicted molar refractivity (Wildman–Crippen MR) is 74.7 cm³/mol. The predicted octanol–water partition coefficient (Wildman–Crippen LogP) is 3.37. The fourth-order valence-corrected chi connectivity index (χ4v) is 2.85. The number of rotatable bonds is 6. The van der Waals surface area contributed by atoms with Crippen LogP contribution in [0.1, 0.15) is 26.2 Å². The van der Waals surface area contributed by atoms with Gasteiger partial charge in [0.25, 0.3) is 0 Å². The highest BCUT2D eigenvalue weighted by Gasteiger charge is 2.35. The number of aliphatic hydroxyl groups excluding tert-OH is 1. The first-order valence-electron chi connectivity index (χ1n) is 6.36. The molecule has 0 bridgehead atoms. The van der Waals surface area contributed by atoms with Crippen LogP contribution < -0.4 is 5.32 Å². The van der Waals surface area contributed by atoms with Crippen molar-refractivity contribution in [1.82, 2.24) is 0 Å². The summed E-state index contributed by atoms with van der Waals surface area (Å²) in [6.07, 6.45) is 3.56. The third kappa shape index (κ3) is 3.17. The summed E-state index contributed by atoms with van der Waals surface area (Å²) in [5.41, 5.74) is 1.31. The van der Waals surface area contributed by atoms with E-state index in [0.29, 0.717) is 6.61 Å². The van der Waals surface area contributed by atoms with Crippen LogP contribution in [0.15, 0.2) is 29.2 Å². The van der Waals surface area contributed by atoms with Gasteiger partial charge < -0.3 is 10.4 Å². The molecule has 1 aliphatic rings. The molecule has 0 spiro atoms. The van der Waals surface area contributed by atoms with Crippen LogP contribution in [0.3, 0.4) is 0 Å². The van der Waals surface area contributed by atoms with Gasteiger partial charge in [-0.2, -0.15) is 0 Å². The van der Waals surface area contributed by atoms with Crippen LogP contribution in [0, 0.1) is 5.41 Å². The van der Waals surface area contributed by atoms with Gasteiger partial charge in [-0.1, -0.05) is 13.3 Å². The first kappa shape index (κ1) is 12.8. The average Bonchev–Trinajstić information content (AvgIpc) is 2.31. The molecule has 1 aromatic rings. The lowest BCUT2D eigenvalue weighted by atomic mass is 9.69. The van der Waals surface area contributed by atoms with Crippen molar-refractivity contribution < 1.29 is 5.11 Å². The van der Waals surface area contributed by atoms with Crippen molar-refractivity contribution in [1.29, 1.82) is 0 Å². The second-order valence-corrected chi connectivity index (χ2v) is 6.16. The normalized spacial score (nSPS) is 17.5. The molecule has 2 rings (SSSR count). The lowest BCUT2D eigenvalue weighted by Crippen LogP contribution is -2.39. The molecular weight excluding hydrogens is 230 g/mol. The average molecular weight is 251 g/mol. The van der Waals surface area contributed by atoms with Crippen molar-refractivity contribution in [3.63, 3.8) is 0 Å². The molecule has 1 aliphatic carbocycles. The molecule has 0 radical (unpaired) electrons. The standard InChI is InChI=1S/C14H21NOS/c1-2-17-13-6-4-12(5-7-13)15-10-14(11-16)8-3-9-14/h4-7,15-16H,2-3,8-11H2,1H3. The number of anilines is 1. The second-order valence-electron chi connectivity index (χ2n) is 4.82. The van der Waals surface area contributed by atoms with E-state index >= 15 is 0 Å². The molecule has 0 aliphatic heterocycles. The minimum absolute atomic E-state index is 0.150. The van der Waals surface area contributed by atoms with Gasteiger partial charge >= 0.3 is 0 Å². The second kappa shape index (κ2) is 5.78. The van der Waals surface area contributed by atoms with Gasteiger partial charge in [0, 0.05) is 22.5 Å². The van der Waals surface area contributed by atoms with Crippen LogP contribution in [-0.2, 0) is 0 Å². The Labute approximate surface area is 108 Å². The largest absolute Gasteiger partial charge is 0.396 e. The number of hydrogen-bond donors (Lipinski definition) is 2. The molecule has 2 nitrogen and oxygen atoms in total. The van der Waals surface area contributed by atoms with Gasteiger partial charge in [-0.15, -0.1) is 11.8 Å². The number of nitrogens with one attached hydrogen (secondary N) is 1. The number of hydrogen-bond acceptors (Lipinski definition) is 3. The van der Waals surface area contributed by atoms with Gasteiger partial charge in [0.1, 0.15) is 0 Å². The molecule has 3 heteroatoms. The van der Waals surface area contributed by atoms with E-state index < -0.39 is 0 Å². The third-order valence-corrected chi connectivity index (χ3v) is 4.48. The van der Waals surface area contributed by atoms with Crippen LogP contribution in [-0.4, -0.2) is 24.0 Å². The highest BCUT2D eigenvalue weighted by molar-refractivity contribution is 7.99. The summed E-state index contributed by atoms with van der Waals surface area (Å²) in [4.78, 5) is 1.32.